The van der Waals surface area contributed by atoms with Gasteiger partial charge >= 0.3 is 5.69 Å². The molecule has 0 bridgehead atoms. The fraction of sp³-hybridized carbons (Fsp3) is 0.393. The third kappa shape index (κ3) is 5.49. The van der Waals surface area contributed by atoms with Crippen molar-refractivity contribution in [3.8, 4) is 0 Å². The quantitative estimate of drug-likeness (QED) is 0.332. The lowest BCUT2D eigenvalue weighted by Crippen LogP contribution is -2.46. The van der Waals surface area contributed by atoms with Crippen LogP contribution in [0.1, 0.15) is 18.4 Å². The fourth-order valence-corrected chi connectivity index (χ4v) is 5.25. The van der Waals surface area contributed by atoms with Crippen molar-refractivity contribution in [3.63, 3.8) is 0 Å². The summed E-state index contributed by atoms with van der Waals surface area (Å²) in [4.78, 5) is 35.1. The van der Waals surface area contributed by atoms with E-state index in [1.807, 2.05) is 53.1 Å². The Kier molecular flexibility index (Phi) is 7.85. The molecule has 0 atom stereocenters. The Morgan fingerprint density at radius 3 is 2.42 bits per heavy atom. The molecule has 10 heteroatoms. The third-order valence-electron chi connectivity index (χ3n) is 7.26. The van der Waals surface area contributed by atoms with Crippen LogP contribution in [-0.2, 0) is 20.6 Å². The summed E-state index contributed by atoms with van der Waals surface area (Å²) in [6.45, 7) is 6.32. The van der Waals surface area contributed by atoms with Crippen LogP contribution in [-0.4, -0.2) is 62.9 Å². The molecule has 200 valence electrons. The SMILES string of the molecule is Cn1c(=O)c2c(nc(NCCCCN3CCN(c4cccc(Cl)c4)CC3)n2Cc2ccccc2)n(C)c1=O. The summed E-state index contributed by atoms with van der Waals surface area (Å²) in [6, 6.07) is 18.0. The maximum atomic E-state index is 13.1. The van der Waals surface area contributed by atoms with E-state index in [-0.39, 0.29) is 11.2 Å². The van der Waals surface area contributed by atoms with Gasteiger partial charge in [-0.2, -0.15) is 4.98 Å². The second kappa shape index (κ2) is 11.4. The molecule has 4 aromatic rings. The number of imidazole rings is 1. The maximum Gasteiger partial charge on any atom is 0.332 e. The van der Waals surface area contributed by atoms with Crippen LogP contribution in [0.4, 0.5) is 11.6 Å². The summed E-state index contributed by atoms with van der Waals surface area (Å²) in [7, 11) is 3.16. The van der Waals surface area contributed by atoms with E-state index in [1.165, 1.54) is 17.3 Å². The molecule has 2 aromatic heterocycles. The molecule has 1 fully saturated rings. The Balaban J connectivity index is 1.20. The van der Waals surface area contributed by atoms with Crippen molar-refractivity contribution >= 4 is 34.4 Å². The first-order valence-electron chi connectivity index (χ1n) is 13.1. The van der Waals surface area contributed by atoms with Gasteiger partial charge < -0.3 is 10.2 Å². The molecule has 0 amide bonds. The highest BCUT2D eigenvalue weighted by atomic mass is 35.5. The fourth-order valence-electron chi connectivity index (χ4n) is 5.06. The molecule has 1 N–H and O–H groups in total. The van der Waals surface area contributed by atoms with E-state index >= 15 is 0 Å². The van der Waals surface area contributed by atoms with Crippen molar-refractivity contribution in [1.29, 1.82) is 0 Å². The molecule has 9 nitrogen and oxygen atoms in total. The summed E-state index contributed by atoms with van der Waals surface area (Å²) < 4.78 is 4.47. The predicted molar refractivity (Wildman–Crippen MR) is 154 cm³/mol. The van der Waals surface area contributed by atoms with Gasteiger partial charge in [0.1, 0.15) is 0 Å². The van der Waals surface area contributed by atoms with E-state index in [2.05, 4.69) is 26.2 Å². The van der Waals surface area contributed by atoms with Crippen LogP contribution in [0.2, 0.25) is 5.02 Å². The Morgan fingerprint density at radius 2 is 1.68 bits per heavy atom. The van der Waals surface area contributed by atoms with Crippen LogP contribution < -0.4 is 21.5 Å². The van der Waals surface area contributed by atoms with Gasteiger partial charge in [-0.15, -0.1) is 0 Å². The third-order valence-corrected chi connectivity index (χ3v) is 7.50. The van der Waals surface area contributed by atoms with E-state index in [9.17, 15) is 9.59 Å². The van der Waals surface area contributed by atoms with Gasteiger partial charge in [0, 0.05) is 57.5 Å². The number of benzene rings is 2. The van der Waals surface area contributed by atoms with Gasteiger partial charge in [-0.3, -0.25) is 23.4 Å². The van der Waals surface area contributed by atoms with Crippen LogP contribution in [0.5, 0.6) is 0 Å². The molecule has 1 saturated heterocycles. The molecule has 0 spiro atoms. The van der Waals surface area contributed by atoms with Crippen LogP contribution >= 0.6 is 11.6 Å². The highest BCUT2D eigenvalue weighted by Gasteiger charge is 2.20. The van der Waals surface area contributed by atoms with Crippen LogP contribution in [0.3, 0.4) is 0 Å². The van der Waals surface area contributed by atoms with Crippen molar-refractivity contribution in [1.82, 2.24) is 23.6 Å². The number of fused-ring (bicyclic) bond motifs is 1. The van der Waals surface area contributed by atoms with E-state index in [0.29, 0.717) is 23.7 Å². The van der Waals surface area contributed by atoms with Gasteiger partial charge in [0.15, 0.2) is 11.2 Å². The molecular weight excluding hydrogens is 502 g/mol. The zero-order valence-electron chi connectivity index (χ0n) is 21.9. The Bertz CT molecular complexity index is 1520. The van der Waals surface area contributed by atoms with Crippen LogP contribution in [0.15, 0.2) is 64.2 Å². The predicted octanol–water partition coefficient (Wildman–Crippen LogP) is 3.15. The van der Waals surface area contributed by atoms with Gasteiger partial charge in [0.05, 0.1) is 6.54 Å². The van der Waals surface area contributed by atoms with Gasteiger partial charge in [-0.25, -0.2) is 4.79 Å². The number of aryl methyl sites for hydroxylation is 1. The van der Waals surface area contributed by atoms with Gasteiger partial charge in [0.25, 0.3) is 5.56 Å². The minimum Gasteiger partial charge on any atom is -0.369 e. The average Bonchev–Trinajstić information content (AvgIpc) is 3.29. The number of unbranched alkanes of at least 4 members (excludes halogenated alkanes) is 1. The van der Waals surface area contributed by atoms with Crippen LogP contribution in [0.25, 0.3) is 11.2 Å². The van der Waals surface area contributed by atoms with E-state index in [0.717, 1.165) is 67.3 Å². The Hall–Kier alpha value is -3.56. The van der Waals surface area contributed by atoms with Gasteiger partial charge in [-0.1, -0.05) is 48.0 Å². The zero-order valence-corrected chi connectivity index (χ0v) is 22.7. The molecule has 0 unspecified atom stereocenters. The lowest BCUT2D eigenvalue weighted by Gasteiger charge is -2.36. The number of hydrogen-bond donors (Lipinski definition) is 1. The minimum absolute atomic E-state index is 0.337. The van der Waals surface area contributed by atoms with E-state index in [1.54, 1.807) is 7.05 Å². The average molecular weight is 536 g/mol. The van der Waals surface area contributed by atoms with E-state index < -0.39 is 0 Å². The molecule has 2 aromatic carbocycles. The molecular formula is C28H34ClN7O2. The summed E-state index contributed by atoms with van der Waals surface area (Å²) in [5.41, 5.74) is 2.35. The highest BCUT2D eigenvalue weighted by Crippen LogP contribution is 2.21. The smallest absolute Gasteiger partial charge is 0.332 e. The summed E-state index contributed by atoms with van der Waals surface area (Å²) >= 11 is 6.16. The van der Waals surface area contributed by atoms with Crippen LogP contribution in [0, 0.1) is 0 Å². The molecule has 0 radical (unpaired) electrons. The monoisotopic (exact) mass is 535 g/mol. The Morgan fingerprint density at radius 1 is 0.921 bits per heavy atom. The lowest BCUT2D eigenvalue weighted by molar-refractivity contribution is 0.254. The first kappa shape index (κ1) is 26.1. The molecule has 0 saturated carbocycles. The van der Waals surface area contributed by atoms with Crippen molar-refractivity contribution < 1.29 is 0 Å². The van der Waals surface area contributed by atoms with Crippen molar-refractivity contribution in [2.75, 3.05) is 49.5 Å². The van der Waals surface area contributed by atoms with Gasteiger partial charge in [-0.05, 0) is 43.1 Å². The number of nitrogens with one attached hydrogen (secondary N) is 1. The molecule has 0 aliphatic carbocycles. The second-order valence-electron chi connectivity index (χ2n) is 9.83. The number of halogens is 1. The Labute approximate surface area is 226 Å². The summed E-state index contributed by atoms with van der Waals surface area (Å²) in [6.07, 6.45) is 2.03. The largest absolute Gasteiger partial charge is 0.369 e. The van der Waals surface area contributed by atoms with Gasteiger partial charge in [0.2, 0.25) is 5.95 Å². The standard InChI is InChI=1S/C28H34ClN7O2/c1-32-25-24(26(37)33(2)28(32)38)36(20-21-9-4-3-5-10-21)27(31-25)30-13-6-7-14-34-15-17-35(18-16-34)23-12-8-11-22(29)19-23/h3-5,8-12,19H,6-7,13-18,20H2,1-2H3,(H,30,31). The van der Waals surface area contributed by atoms with E-state index in [4.69, 9.17) is 11.6 Å². The molecule has 1 aliphatic heterocycles. The van der Waals surface area contributed by atoms with Crippen molar-refractivity contribution in [2.24, 2.45) is 14.1 Å². The molecule has 3 heterocycles. The minimum atomic E-state index is -0.381. The number of rotatable bonds is 9. The number of piperazine rings is 1. The molecule has 5 rings (SSSR count). The first-order valence-corrected chi connectivity index (χ1v) is 13.5. The topological polar surface area (TPSA) is 80.3 Å². The number of nitrogens with zero attached hydrogens (tertiary/aromatic N) is 6. The first-order chi connectivity index (χ1) is 18.4. The number of hydrogen-bond acceptors (Lipinski definition) is 6. The van der Waals surface area contributed by atoms with Crippen molar-refractivity contribution in [2.45, 2.75) is 19.4 Å². The summed E-state index contributed by atoms with van der Waals surface area (Å²) in [5.74, 6) is 0.609. The highest BCUT2D eigenvalue weighted by molar-refractivity contribution is 6.30. The molecule has 38 heavy (non-hydrogen) atoms. The van der Waals surface area contributed by atoms with Crippen molar-refractivity contribution in [3.05, 3.63) is 86.0 Å². The second-order valence-corrected chi connectivity index (χ2v) is 10.3. The summed E-state index contributed by atoms with van der Waals surface area (Å²) in [5, 5.41) is 4.21. The molecule has 1 aliphatic rings. The maximum absolute atomic E-state index is 13.1. The number of aromatic nitrogens is 4. The normalized spacial score (nSPS) is 14.3. The number of anilines is 2. The zero-order chi connectivity index (χ0) is 26.6. The lowest BCUT2D eigenvalue weighted by atomic mass is 10.2.